The molecule has 0 heterocycles. The first kappa shape index (κ1) is 22.8. The first-order chi connectivity index (χ1) is 14.5. The molecule has 0 bridgehead atoms. The minimum atomic E-state index is -0.562. The molecule has 3 N–H and O–H groups in total. The van der Waals surface area contributed by atoms with E-state index in [0.29, 0.717) is 23.3 Å². The molecule has 7 heteroatoms. The molecule has 0 saturated carbocycles. The number of hydrogen-bond donors (Lipinski definition) is 3. The number of amides is 1. The number of nitrogens with one attached hydrogen (secondary N) is 3. The summed E-state index contributed by atoms with van der Waals surface area (Å²) in [4.78, 5) is 24.3. The highest BCUT2D eigenvalue weighted by atomic mass is 19.1. The molecule has 0 aromatic heterocycles. The molecule has 0 aliphatic heterocycles. The van der Waals surface area contributed by atoms with Crippen molar-refractivity contribution in [2.24, 2.45) is 0 Å². The molecule has 2 rings (SSSR count). The van der Waals surface area contributed by atoms with Gasteiger partial charge in [0.1, 0.15) is 12.4 Å². The summed E-state index contributed by atoms with van der Waals surface area (Å²) in [5.41, 5.74) is 2.77. The predicted octanol–water partition coefficient (Wildman–Crippen LogP) is 3.68. The smallest absolute Gasteiger partial charge is 0.307 e. The summed E-state index contributed by atoms with van der Waals surface area (Å²) in [7, 11) is 1.68. The van der Waals surface area contributed by atoms with Crippen molar-refractivity contribution in [2.75, 3.05) is 13.6 Å². The number of allylic oxidation sites excluding steroid dienone is 1. The van der Waals surface area contributed by atoms with Crippen LogP contribution in [-0.2, 0) is 16.1 Å². The van der Waals surface area contributed by atoms with Crippen molar-refractivity contribution in [3.05, 3.63) is 76.6 Å². The maximum Gasteiger partial charge on any atom is 0.307 e. The van der Waals surface area contributed by atoms with Gasteiger partial charge in [0, 0.05) is 36.6 Å². The van der Waals surface area contributed by atoms with Gasteiger partial charge >= 0.3 is 5.97 Å². The van der Waals surface area contributed by atoms with Crippen molar-refractivity contribution < 1.29 is 18.7 Å². The van der Waals surface area contributed by atoms with Gasteiger partial charge in [0.2, 0.25) is 0 Å². The van der Waals surface area contributed by atoms with Gasteiger partial charge in [0.25, 0.3) is 5.91 Å². The molecule has 1 amide bonds. The van der Waals surface area contributed by atoms with E-state index in [1.54, 1.807) is 13.1 Å². The van der Waals surface area contributed by atoms with Gasteiger partial charge in [-0.25, -0.2) is 4.39 Å². The van der Waals surface area contributed by atoms with Crippen LogP contribution in [0.15, 0.2) is 54.1 Å². The maximum absolute atomic E-state index is 14.1. The third kappa shape index (κ3) is 6.55. The number of rotatable bonds is 10. The van der Waals surface area contributed by atoms with Gasteiger partial charge in [0.15, 0.2) is 0 Å². The van der Waals surface area contributed by atoms with E-state index in [0.717, 1.165) is 11.6 Å². The number of esters is 1. The van der Waals surface area contributed by atoms with Crippen LogP contribution < -0.4 is 10.6 Å². The van der Waals surface area contributed by atoms with E-state index in [1.165, 1.54) is 12.3 Å². The van der Waals surface area contributed by atoms with Gasteiger partial charge in [-0.1, -0.05) is 37.3 Å². The van der Waals surface area contributed by atoms with Crippen LogP contribution in [-0.4, -0.2) is 31.7 Å². The van der Waals surface area contributed by atoms with Gasteiger partial charge in [0.05, 0.1) is 6.42 Å². The zero-order valence-electron chi connectivity index (χ0n) is 17.1. The topological polar surface area (TPSA) is 91.3 Å². The van der Waals surface area contributed by atoms with Crippen LogP contribution in [0.4, 0.5) is 4.39 Å². The summed E-state index contributed by atoms with van der Waals surface area (Å²) in [6, 6.07) is 13.3. The SMILES string of the molecule is CC/C(C=N)=C(/NC)c1cc(F)cc(C(=O)NCCC(=O)OCc2ccccc2)c1. The zero-order valence-corrected chi connectivity index (χ0v) is 17.1. The van der Waals surface area contributed by atoms with E-state index in [1.807, 2.05) is 37.3 Å². The molecule has 0 saturated heterocycles. The van der Waals surface area contributed by atoms with E-state index in [-0.39, 0.29) is 25.1 Å². The fourth-order valence-electron chi connectivity index (χ4n) is 2.90. The molecule has 6 nitrogen and oxygen atoms in total. The Morgan fingerprint density at radius 2 is 1.83 bits per heavy atom. The highest BCUT2D eigenvalue weighted by Gasteiger charge is 2.13. The van der Waals surface area contributed by atoms with Gasteiger partial charge in [-0.15, -0.1) is 0 Å². The summed E-state index contributed by atoms with van der Waals surface area (Å²) in [6.45, 7) is 2.14. The van der Waals surface area contributed by atoms with Crippen LogP contribution in [0.25, 0.3) is 5.70 Å². The van der Waals surface area contributed by atoms with Crippen LogP contribution >= 0.6 is 0 Å². The van der Waals surface area contributed by atoms with E-state index < -0.39 is 17.7 Å². The number of benzene rings is 2. The number of ether oxygens (including phenoxy) is 1. The maximum atomic E-state index is 14.1. The summed E-state index contributed by atoms with van der Waals surface area (Å²) in [5.74, 6) is -1.49. The molecule has 30 heavy (non-hydrogen) atoms. The summed E-state index contributed by atoms with van der Waals surface area (Å²) < 4.78 is 19.3. The second kappa shape index (κ2) is 11.5. The molecule has 0 fully saturated rings. The Hall–Kier alpha value is -3.48. The summed E-state index contributed by atoms with van der Waals surface area (Å²) in [6.07, 6.45) is 1.80. The number of halogens is 1. The minimum Gasteiger partial charge on any atom is -0.461 e. The van der Waals surface area contributed by atoms with Crippen LogP contribution in [0.3, 0.4) is 0 Å². The molecule has 2 aromatic rings. The summed E-state index contributed by atoms with van der Waals surface area (Å²) in [5, 5.41) is 13.1. The van der Waals surface area contributed by atoms with Crippen molar-refractivity contribution in [1.29, 1.82) is 5.41 Å². The first-order valence-corrected chi connectivity index (χ1v) is 9.68. The van der Waals surface area contributed by atoms with Crippen molar-refractivity contribution in [1.82, 2.24) is 10.6 Å². The molecule has 2 aromatic carbocycles. The molecular weight excluding hydrogens is 385 g/mol. The fraction of sp³-hybridized carbons (Fsp3) is 0.261. The lowest BCUT2D eigenvalue weighted by Crippen LogP contribution is -2.27. The summed E-state index contributed by atoms with van der Waals surface area (Å²) >= 11 is 0. The largest absolute Gasteiger partial charge is 0.461 e. The second-order valence-electron chi connectivity index (χ2n) is 6.53. The van der Waals surface area contributed by atoms with Crippen molar-refractivity contribution in [2.45, 2.75) is 26.4 Å². The molecule has 158 valence electrons. The molecule has 0 radical (unpaired) electrons. The average Bonchev–Trinajstić information content (AvgIpc) is 2.76. The average molecular weight is 411 g/mol. The second-order valence-corrected chi connectivity index (χ2v) is 6.53. The number of carbonyl (C=O) groups excluding carboxylic acids is 2. The predicted molar refractivity (Wildman–Crippen MR) is 115 cm³/mol. The molecule has 0 atom stereocenters. The third-order valence-corrected chi connectivity index (χ3v) is 4.43. The molecule has 0 aliphatic rings. The highest BCUT2D eigenvalue weighted by Crippen LogP contribution is 2.20. The quantitative estimate of drug-likeness (QED) is 0.411. The van der Waals surface area contributed by atoms with E-state index >= 15 is 0 Å². The third-order valence-electron chi connectivity index (χ3n) is 4.43. The monoisotopic (exact) mass is 411 g/mol. The number of hydrogen-bond acceptors (Lipinski definition) is 5. The molecule has 0 aliphatic carbocycles. The first-order valence-electron chi connectivity index (χ1n) is 9.68. The lowest BCUT2D eigenvalue weighted by atomic mass is 10.0. The van der Waals surface area contributed by atoms with Crippen LogP contribution in [0, 0.1) is 11.2 Å². The molecule has 0 spiro atoms. The fourth-order valence-corrected chi connectivity index (χ4v) is 2.90. The van der Waals surface area contributed by atoms with Gasteiger partial charge in [-0.3, -0.25) is 9.59 Å². The Kier molecular flexibility index (Phi) is 8.75. The Labute approximate surface area is 175 Å². The standard InChI is InChI=1S/C23H26FN3O3/c1-3-17(14-25)22(26-2)18-11-19(13-20(24)12-18)23(29)27-10-9-21(28)30-15-16-7-5-4-6-8-16/h4-8,11-14,25-26H,3,9-10,15H2,1-2H3,(H,27,29)/b22-17-,25-14?. The molecular formula is C23H26FN3O3. The van der Waals surface area contributed by atoms with Crippen LogP contribution in [0.2, 0.25) is 0 Å². The lowest BCUT2D eigenvalue weighted by molar-refractivity contribution is -0.144. The van der Waals surface area contributed by atoms with E-state index in [4.69, 9.17) is 10.1 Å². The molecule has 0 unspecified atom stereocenters. The van der Waals surface area contributed by atoms with Crippen molar-refractivity contribution in [3.63, 3.8) is 0 Å². The van der Waals surface area contributed by atoms with E-state index in [9.17, 15) is 14.0 Å². The zero-order chi connectivity index (χ0) is 21.9. The number of carbonyl (C=O) groups is 2. The highest BCUT2D eigenvalue weighted by molar-refractivity contribution is 5.96. The van der Waals surface area contributed by atoms with Crippen molar-refractivity contribution >= 4 is 23.8 Å². The minimum absolute atomic E-state index is 0.0101. The van der Waals surface area contributed by atoms with E-state index in [2.05, 4.69) is 10.6 Å². The van der Waals surface area contributed by atoms with Crippen LogP contribution in [0.1, 0.15) is 41.3 Å². The van der Waals surface area contributed by atoms with Gasteiger partial charge in [-0.2, -0.15) is 0 Å². The Balaban J connectivity index is 1.97. The van der Waals surface area contributed by atoms with Gasteiger partial charge < -0.3 is 20.8 Å². The van der Waals surface area contributed by atoms with Gasteiger partial charge in [-0.05, 0) is 35.8 Å². The van der Waals surface area contributed by atoms with Crippen molar-refractivity contribution in [3.8, 4) is 0 Å². The Morgan fingerprint density at radius 3 is 2.47 bits per heavy atom. The van der Waals surface area contributed by atoms with Crippen LogP contribution in [0.5, 0.6) is 0 Å². The normalized spacial score (nSPS) is 11.3. The Bertz CT molecular complexity index is 927. The lowest BCUT2D eigenvalue weighted by Gasteiger charge is -2.13. The Morgan fingerprint density at radius 1 is 1.13 bits per heavy atom.